The van der Waals surface area contributed by atoms with E-state index in [-0.39, 0.29) is 5.69 Å². The molecule has 0 aliphatic carbocycles. The molecule has 0 unspecified atom stereocenters. The average molecular weight is 236 g/mol. The Balaban J connectivity index is 2.48. The van der Waals surface area contributed by atoms with Crippen molar-refractivity contribution >= 4 is 6.29 Å². The summed E-state index contributed by atoms with van der Waals surface area (Å²) >= 11 is 0. The van der Waals surface area contributed by atoms with Gasteiger partial charge in [-0.3, -0.25) is 9.48 Å². The van der Waals surface area contributed by atoms with Crippen molar-refractivity contribution < 1.29 is 13.6 Å². The van der Waals surface area contributed by atoms with Crippen molar-refractivity contribution in [1.29, 1.82) is 0 Å². The van der Waals surface area contributed by atoms with Crippen molar-refractivity contribution in [2.45, 2.75) is 6.43 Å². The van der Waals surface area contributed by atoms with E-state index in [0.717, 1.165) is 4.68 Å². The SMILES string of the molecule is Cn1ncc(-c2ccc(C=O)cc2)c1C(F)F. The number of hydrogen-bond donors (Lipinski definition) is 0. The van der Waals surface area contributed by atoms with Crippen LogP contribution in [0.1, 0.15) is 22.5 Å². The van der Waals surface area contributed by atoms with Gasteiger partial charge in [0.05, 0.1) is 6.20 Å². The highest BCUT2D eigenvalue weighted by atomic mass is 19.3. The maximum Gasteiger partial charge on any atom is 0.280 e. The van der Waals surface area contributed by atoms with Gasteiger partial charge in [0.25, 0.3) is 6.43 Å². The highest BCUT2D eigenvalue weighted by Gasteiger charge is 2.19. The number of alkyl halides is 2. The molecule has 0 aliphatic rings. The van der Waals surface area contributed by atoms with Crippen LogP contribution in [0.25, 0.3) is 11.1 Å². The van der Waals surface area contributed by atoms with Crippen molar-refractivity contribution in [3.63, 3.8) is 0 Å². The van der Waals surface area contributed by atoms with Crippen LogP contribution in [0, 0.1) is 0 Å². The summed E-state index contributed by atoms with van der Waals surface area (Å²) in [6.07, 6.45) is -0.471. The Morgan fingerprint density at radius 2 is 1.94 bits per heavy atom. The van der Waals surface area contributed by atoms with Gasteiger partial charge in [0.2, 0.25) is 0 Å². The number of aldehydes is 1. The summed E-state index contributed by atoms with van der Waals surface area (Å²) in [7, 11) is 1.48. The standard InChI is InChI=1S/C12H10F2N2O/c1-16-11(12(13)14)10(6-15-16)9-4-2-8(7-17)3-5-9/h2-7,12H,1H3. The summed E-state index contributed by atoms with van der Waals surface area (Å²) in [4.78, 5) is 10.5. The highest BCUT2D eigenvalue weighted by molar-refractivity contribution is 5.77. The molecule has 3 nitrogen and oxygen atoms in total. The average Bonchev–Trinajstić information content (AvgIpc) is 2.71. The second kappa shape index (κ2) is 4.45. The van der Waals surface area contributed by atoms with Gasteiger partial charge in [0.15, 0.2) is 0 Å². The number of aromatic nitrogens is 2. The van der Waals surface area contributed by atoms with Crippen LogP contribution in [0.4, 0.5) is 8.78 Å². The molecule has 88 valence electrons. The summed E-state index contributed by atoms with van der Waals surface area (Å²) in [6, 6.07) is 6.44. The van der Waals surface area contributed by atoms with Crippen LogP contribution in [0.15, 0.2) is 30.5 Å². The molecule has 0 fully saturated rings. The largest absolute Gasteiger partial charge is 0.298 e. The number of carbonyl (C=O) groups excluding carboxylic acids is 1. The van der Waals surface area contributed by atoms with Gasteiger partial charge in [-0.15, -0.1) is 0 Å². The van der Waals surface area contributed by atoms with E-state index in [4.69, 9.17) is 0 Å². The number of rotatable bonds is 3. The minimum Gasteiger partial charge on any atom is -0.298 e. The van der Waals surface area contributed by atoms with Crippen LogP contribution in [0.5, 0.6) is 0 Å². The lowest BCUT2D eigenvalue weighted by Crippen LogP contribution is -1.99. The van der Waals surface area contributed by atoms with Gasteiger partial charge in [0.1, 0.15) is 12.0 Å². The number of benzene rings is 1. The molecule has 5 heteroatoms. The second-order valence-electron chi connectivity index (χ2n) is 3.61. The zero-order chi connectivity index (χ0) is 12.4. The Bertz CT molecular complexity index is 532. The molecule has 0 N–H and O–H groups in total. The second-order valence-corrected chi connectivity index (χ2v) is 3.61. The topological polar surface area (TPSA) is 34.9 Å². The van der Waals surface area contributed by atoms with E-state index in [1.807, 2.05) is 0 Å². The molecule has 0 atom stereocenters. The fourth-order valence-corrected chi connectivity index (χ4v) is 1.67. The minimum absolute atomic E-state index is 0.121. The van der Waals surface area contributed by atoms with Gasteiger partial charge < -0.3 is 0 Å². The van der Waals surface area contributed by atoms with Crippen LogP contribution in [0.3, 0.4) is 0 Å². The van der Waals surface area contributed by atoms with Crippen molar-refractivity contribution in [3.05, 3.63) is 41.7 Å². The van der Waals surface area contributed by atoms with Gasteiger partial charge >= 0.3 is 0 Å². The van der Waals surface area contributed by atoms with Crippen LogP contribution in [-0.4, -0.2) is 16.1 Å². The summed E-state index contributed by atoms with van der Waals surface area (Å²) in [5.41, 5.74) is 1.40. The van der Waals surface area contributed by atoms with Crippen LogP contribution in [-0.2, 0) is 7.05 Å². The first-order chi connectivity index (χ1) is 8.13. The van der Waals surface area contributed by atoms with Crippen molar-refractivity contribution in [1.82, 2.24) is 9.78 Å². The molecule has 1 aromatic heterocycles. The molecule has 2 aromatic rings. The summed E-state index contributed by atoms with van der Waals surface area (Å²) < 4.78 is 26.8. The molecule has 1 aromatic carbocycles. The van der Waals surface area contributed by atoms with Gasteiger partial charge in [-0.05, 0) is 5.56 Å². The first-order valence-electron chi connectivity index (χ1n) is 4.99. The Morgan fingerprint density at radius 1 is 1.29 bits per heavy atom. The van der Waals surface area contributed by atoms with Crippen molar-refractivity contribution in [2.75, 3.05) is 0 Å². The summed E-state index contributed by atoms with van der Waals surface area (Å²) in [6.45, 7) is 0. The smallest absolute Gasteiger partial charge is 0.280 e. The van der Waals surface area contributed by atoms with E-state index in [1.165, 1.54) is 13.2 Å². The van der Waals surface area contributed by atoms with Crippen molar-refractivity contribution in [2.24, 2.45) is 7.05 Å². The molecule has 0 bridgehead atoms. The number of hydrogen-bond acceptors (Lipinski definition) is 2. The monoisotopic (exact) mass is 236 g/mol. The zero-order valence-corrected chi connectivity index (χ0v) is 9.10. The number of nitrogens with zero attached hydrogens (tertiary/aromatic N) is 2. The normalized spacial score (nSPS) is 10.8. The lowest BCUT2D eigenvalue weighted by molar-refractivity contribution is 0.112. The molecular weight excluding hydrogens is 226 g/mol. The lowest BCUT2D eigenvalue weighted by atomic mass is 10.0. The molecule has 0 aliphatic heterocycles. The quantitative estimate of drug-likeness (QED) is 0.768. The molecule has 0 spiro atoms. The Labute approximate surface area is 96.7 Å². The number of carbonyl (C=O) groups is 1. The van der Waals surface area contributed by atoms with E-state index in [2.05, 4.69) is 5.10 Å². The lowest BCUT2D eigenvalue weighted by Gasteiger charge is -2.05. The Kier molecular flexibility index (Phi) is 2.99. The maximum absolute atomic E-state index is 12.8. The van der Waals surface area contributed by atoms with E-state index in [9.17, 15) is 13.6 Å². The fourth-order valence-electron chi connectivity index (χ4n) is 1.67. The summed E-state index contributed by atoms with van der Waals surface area (Å²) in [5.74, 6) is 0. The zero-order valence-electron chi connectivity index (χ0n) is 9.10. The molecule has 0 saturated heterocycles. The van der Waals surface area contributed by atoms with E-state index in [1.54, 1.807) is 24.3 Å². The van der Waals surface area contributed by atoms with E-state index >= 15 is 0 Å². The van der Waals surface area contributed by atoms with Crippen LogP contribution < -0.4 is 0 Å². The van der Waals surface area contributed by atoms with Gasteiger partial charge in [-0.25, -0.2) is 8.78 Å². The van der Waals surface area contributed by atoms with E-state index in [0.29, 0.717) is 23.0 Å². The molecule has 2 rings (SSSR count). The number of halogens is 2. The number of aryl methyl sites for hydroxylation is 1. The van der Waals surface area contributed by atoms with Crippen molar-refractivity contribution in [3.8, 4) is 11.1 Å². The van der Waals surface area contributed by atoms with Gasteiger partial charge in [0, 0.05) is 18.2 Å². The fraction of sp³-hybridized carbons (Fsp3) is 0.167. The highest BCUT2D eigenvalue weighted by Crippen LogP contribution is 2.30. The van der Waals surface area contributed by atoms with Crippen LogP contribution >= 0.6 is 0 Å². The molecule has 1 heterocycles. The molecule has 0 saturated carbocycles. The van der Waals surface area contributed by atoms with Gasteiger partial charge in [-0.2, -0.15) is 5.10 Å². The maximum atomic E-state index is 12.8. The Hall–Kier alpha value is -2.04. The third kappa shape index (κ3) is 2.08. The molecule has 0 radical (unpaired) electrons. The summed E-state index contributed by atoms with van der Waals surface area (Å²) in [5, 5.41) is 3.82. The first kappa shape index (κ1) is 11.4. The predicted octanol–water partition coefficient (Wildman–Crippen LogP) is 2.84. The Morgan fingerprint density at radius 3 is 2.47 bits per heavy atom. The predicted molar refractivity (Wildman–Crippen MR) is 59.0 cm³/mol. The first-order valence-corrected chi connectivity index (χ1v) is 4.99. The third-order valence-electron chi connectivity index (χ3n) is 2.55. The van der Waals surface area contributed by atoms with E-state index < -0.39 is 6.43 Å². The van der Waals surface area contributed by atoms with Crippen LogP contribution in [0.2, 0.25) is 0 Å². The third-order valence-corrected chi connectivity index (χ3v) is 2.55. The minimum atomic E-state index is -2.58. The molecular formula is C12H10F2N2O. The molecule has 17 heavy (non-hydrogen) atoms. The van der Waals surface area contributed by atoms with Gasteiger partial charge in [-0.1, -0.05) is 24.3 Å². The molecule has 0 amide bonds.